The van der Waals surface area contributed by atoms with Gasteiger partial charge in [-0.1, -0.05) is 0 Å². The Bertz CT molecular complexity index is 344. The molecule has 1 atom stereocenters. The van der Waals surface area contributed by atoms with E-state index in [1.807, 2.05) is 19.3 Å². The molecular formula is C13H20N2O. The lowest BCUT2D eigenvalue weighted by atomic mass is 9.92. The van der Waals surface area contributed by atoms with Crippen LogP contribution in [0.1, 0.15) is 25.3 Å². The van der Waals surface area contributed by atoms with Gasteiger partial charge in [0.15, 0.2) is 0 Å². The molecule has 0 aliphatic carbocycles. The van der Waals surface area contributed by atoms with Gasteiger partial charge in [-0.2, -0.15) is 0 Å². The van der Waals surface area contributed by atoms with Crippen LogP contribution in [0.25, 0.3) is 0 Å². The van der Waals surface area contributed by atoms with Crippen LogP contribution < -0.4 is 4.90 Å². The molecular weight excluding hydrogens is 200 g/mol. The van der Waals surface area contributed by atoms with Crippen LogP contribution in [0.3, 0.4) is 0 Å². The van der Waals surface area contributed by atoms with Crippen molar-refractivity contribution in [2.45, 2.75) is 32.8 Å². The van der Waals surface area contributed by atoms with Crippen LogP contribution >= 0.6 is 0 Å². The summed E-state index contributed by atoms with van der Waals surface area (Å²) in [6, 6.07) is 2.08. The summed E-state index contributed by atoms with van der Waals surface area (Å²) in [5, 5.41) is 9.56. The number of rotatable bonds is 2. The Morgan fingerprint density at radius 1 is 1.44 bits per heavy atom. The Kier molecular flexibility index (Phi) is 3.44. The molecule has 3 nitrogen and oxygen atoms in total. The van der Waals surface area contributed by atoms with Crippen molar-refractivity contribution in [3.63, 3.8) is 0 Å². The zero-order valence-corrected chi connectivity index (χ0v) is 10.1. The van der Waals surface area contributed by atoms with E-state index in [1.54, 1.807) is 0 Å². The van der Waals surface area contributed by atoms with Crippen molar-refractivity contribution >= 4 is 5.69 Å². The molecule has 1 aromatic rings. The summed E-state index contributed by atoms with van der Waals surface area (Å²) >= 11 is 0. The Morgan fingerprint density at radius 2 is 2.12 bits per heavy atom. The number of pyridine rings is 1. The van der Waals surface area contributed by atoms with Gasteiger partial charge in [-0.05, 0) is 44.2 Å². The van der Waals surface area contributed by atoms with Gasteiger partial charge < -0.3 is 10.0 Å². The third-order valence-electron chi connectivity index (χ3n) is 3.55. The van der Waals surface area contributed by atoms with Crippen LogP contribution in [0.4, 0.5) is 5.69 Å². The molecule has 0 aromatic carbocycles. The maximum atomic E-state index is 9.56. The van der Waals surface area contributed by atoms with Crippen LogP contribution in [0, 0.1) is 12.8 Å². The number of aliphatic hydroxyl groups excluding tert-OH is 1. The monoisotopic (exact) mass is 220 g/mol. The quantitative estimate of drug-likeness (QED) is 0.828. The normalized spacial score (nSPS) is 19.8. The van der Waals surface area contributed by atoms with Crippen molar-refractivity contribution in [3.8, 4) is 0 Å². The highest BCUT2D eigenvalue weighted by Gasteiger charge is 2.23. The summed E-state index contributed by atoms with van der Waals surface area (Å²) in [6.07, 6.45) is 5.76. The van der Waals surface area contributed by atoms with Gasteiger partial charge in [-0.3, -0.25) is 4.98 Å². The van der Waals surface area contributed by atoms with Crippen molar-refractivity contribution < 1.29 is 5.11 Å². The van der Waals surface area contributed by atoms with E-state index in [2.05, 4.69) is 22.9 Å². The van der Waals surface area contributed by atoms with Gasteiger partial charge in [0, 0.05) is 31.2 Å². The number of piperidine rings is 1. The van der Waals surface area contributed by atoms with Crippen molar-refractivity contribution in [1.29, 1.82) is 0 Å². The lowest BCUT2D eigenvalue weighted by Crippen LogP contribution is -2.37. The Balaban J connectivity index is 2.02. The summed E-state index contributed by atoms with van der Waals surface area (Å²) in [6.45, 7) is 6.09. The topological polar surface area (TPSA) is 36.4 Å². The maximum Gasteiger partial charge on any atom is 0.0541 e. The fraction of sp³-hybridized carbons (Fsp3) is 0.615. The van der Waals surface area contributed by atoms with E-state index in [0.717, 1.165) is 25.9 Å². The highest BCUT2D eigenvalue weighted by Crippen LogP contribution is 2.26. The van der Waals surface area contributed by atoms with Gasteiger partial charge in [0.2, 0.25) is 0 Å². The van der Waals surface area contributed by atoms with Gasteiger partial charge >= 0.3 is 0 Å². The minimum Gasteiger partial charge on any atom is -0.393 e. The van der Waals surface area contributed by atoms with Crippen molar-refractivity contribution in [2.75, 3.05) is 18.0 Å². The third kappa shape index (κ3) is 2.35. The molecule has 0 spiro atoms. The highest BCUT2D eigenvalue weighted by molar-refractivity contribution is 5.51. The number of aromatic nitrogens is 1. The molecule has 2 rings (SSSR count). The van der Waals surface area contributed by atoms with E-state index in [0.29, 0.717) is 5.92 Å². The molecule has 1 aliphatic rings. The predicted octanol–water partition coefficient (Wildman–Crippen LogP) is 1.99. The first kappa shape index (κ1) is 11.4. The number of hydrogen-bond acceptors (Lipinski definition) is 3. The Morgan fingerprint density at radius 3 is 2.69 bits per heavy atom. The van der Waals surface area contributed by atoms with Crippen molar-refractivity contribution in [1.82, 2.24) is 4.98 Å². The number of aliphatic hydroxyl groups is 1. The second-order valence-electron chi connectivity index (χ2n) is 4.73. The molecule has 2 heterocycles. The molecule has 1 aliphatic heterocycles. The standard InChI is InChI=1S/C13H20N2O/c1-10-9-14-6-3-13(10)15-7-4-12(5-8-15)11(2)16/h3,6,9,11-12,16H,4-5,7-8H2,1-2H3. The zero-order valence-electron chi connectivity index (χ0n) is 10.1. The maximum absolute atomic E-state index is 9.56. The third-order valence-corrected chi connectivity index (χ3v) is 3.55. The van der Waals surface area contributed by atoms with Crippen molar-refractivity contribution in [2.24, 2.45) is 5.92 Å². The van der Waals surface area contributed by atoms with E-state index in [1.165, 1.54) is 11.3 Å². The van der Waals surface area contributed by atoms with E-state index < -0.39 is 0 Å². The van der Waals surface area contributed by atoms with Crippen LogP contribution in [0.5, 0.6) is 0 Å². The molecule has 88 valence electrons. The first-order chi connectivity index (χ1) is 7.68. The molecule has 1 N–H and O–H groups in total. The summed E-state index contributed by atoms with van der Waals surface area (Å²) in [4.78, 5) is 6.51. The van der Waals surface area contributed by atoms with E-state index >= 15 is 0 Å². The van der Waals surface area contributed by atoms with Crippen molar-refractivity contribution in [3.05, 3.63) is 24.0 Å². The van der Waals surface area contributed by atoms with E-state index in [-0.39, 0.29) is 6.10 Å². The number of aryl methyl sites for hydroxylation is 1. The van der Waals surface area contributed by atoms with Gasteiger partial charge in [-0.25, -0.2) is 0 Å². The number of anilines is 1. The van der Waals surface area contributed by atoms with Crippen LogP contribution in [0.2, 0.25) is 0 Å². The average molecular weight is 220 g/mol. The number of nitrogens with zero attached hydrogens (tertiary/aromatic N) is 2. The molecule has 16 heavy (non-hydrogen) atoms. The van der Waals surface area contributed by atoms with Crippen LogP contribution in [-0.4, -0.2) is 29.3 Å². The molecule has 1 saturated heterocycles. The van der Waals surface area contributed by atoms with E-state index in [9.17, 15) is 5.11 Å². The smallest absolute Gasteiger partial charge is 0.0541 e. The minimum atomic E-state index is -0.166. The molecule has 0 amide bonds. The SMILES string of the molecule is Cc1cnccc1N1CCC(C(C)O)CC1. The second-order valence-corrected chi connectivity index (χ2v) is 4.73. The predicted molar refractivity (Wildman–Crippen MR) is 65.6 cm³/mol. The van der Waals surface area contributed by atoms with E-state index in [4.69, 9.17) is 0 Å². The molecule has 0 bridgehead atoms. The summed E-state index contributed by atoms with van der Waals surface area (Å²) in [5.41, 5.74) is 2.53. The highest BCUT2D eigenvalue weighted by atomic mass is 16.3. The zero-order chi connectivity index (χ0) is 11.5. The van der Waals surface area contributed by atoms with Gasteiger partial charge in [0.1, 0.15) is 0 Å². The molecule has 0 radical (unpaired) electrons. The lowest BCUT2D eigenvalue weighted by Gasteiger charge is -2.35. The molecule has 1 unspecified atom stereocenters. The minimum absolute atomic E-state index is 0.166. The fourth-order valence-corrected chi connectivity index (χ4v) is 2.44. The van der Waals surface area contributed by atoms with Crippen LogP contribution in [-0.2, 0) is 0 Å². The largest absolute Gasteiger partial charge is 0.393 e. The van der Waals surface area contributed by atoms with Gasteiger partial charge in [-0.15, -0.1) is 0 Å². The first-order valence-electron chi connectivity index (χ1n) is 6.02. The average Bonchev–Trinajstić information content (AvgIpc) is 2.30. The summed E-state index contributed by atoms with van der Waals surface area (Å²) in [7, 11) is 0. The summed E-state index contributed by atoms with van der Waals surface area (Å²) < 4.78 is 0. The fourth-order valence-electron chi connectivity index (χ4n) is 2.44. The first-order valence-corrected chi connectivity index (χ1v) is 6.02. The molecule has 1 fully saturated rings. The second kappa shape index (κ2) is 4.83. The van der Waals surface area contributed by atoms with Crippen LogP contribution in [0.15, 0.2) is 18.5 Å². The number of hydrogen-bond donors (Lipinski definition) is 1. The molecule has 1 aromatic heterocycles. The van der Waals surface area contributed by atoms with Gasteiger partial charge in [0.05, 0.1) is 6.10 Å². The van der Waals surface area contributed by atoms with Gasteiger partial charge in [0.25, 0.3) is 0 Å². The Labute approximate surface area is 97.1 Å². The molecule has 0 saturated carbocycles. The summed E-state index contributed by atoms with van der Waals surface area (Å²) in [5.74, 6) is 0.471. The lowest BCUT2D eigenvalue weighted by molar-refractivity contribution is 0.110. The molecule has 3 heteroatoms. The Hall–Kier alpha value is -1.09.